The van der Waals surface area contributed by atoms with Gasteiger partial charge in [-0.3, -0.25) is 19.3 Å². The Labute approximate surface area is 197 Å². The first-order valence-corrected chi connectivity index (χ1v) is 12.4. The van der Waals surface area contributed by atoms with Gasteiger partial charge in [-0.25, -0.2) is 0 Å². The summed E-state index contributed by atoms with van der Waals surface area (Å²) in [4.78, 5) is 40.9. The smallest absolute Gasteiger partial charge is 0.251 e. The number of nitrogens with two attached hydrogens (primary N) is 1. The van der Waals surface area contributed by atoms with Crippen LogP contribution in [0, 0.1) is 17.3 Å². The summed E-state index contributed by atoms with van der Waals surface area (Å²) in [7, 11) is 0. The fourth-order valence-electron chi connectivity index (χ4n) is 4.73. The number of rotatable bonds is 9. The molecule has 3 amide bonds. The molecule has 2 unspecified atom stereocenters. The Morgan fingerprint density at radius 1 is 1.27 bits per heavy atom. The second-order valence-corrected chi connectivity index (χ2v) is 10.6. The minimum absolute atomic E-state index is 0.00908. The standard InChI is InChI=1S/C26H40N4O3/c1-5-17(2)23-25(33)29-20-14-19(24(32)28-16-26(3,4)15-27)11-12-21(20)30(23)22(31)13-10-18-8-6-7-9-18/h11-12,14,17-18,23H,5-10,13,15-16,27H2,1-4H3,(H,28,32)(H,29,33). The molecular formula is C26H40N4O3. The van der Waals surface area contributed by atoms with E-state index in [0.29, 0.717) is 42.4 Å². The molecule has 3 rings (SSSR count). The predicted octanol–water partition coefficient (Wildman–Crippen LogP) is 4.07. The number of fused-ring (bicyclic) bond motifs is 1. The van der Waals surface area contributed by atoms with Crippen molar-refractivity contribution in [2.45, 2.75) is 78.7 Å². The molecule has 1 heterocycles. The minimum Gasteiger partial charge on any atom is -0.351 e. The Kier molecular flexibility index (Phi) is 8.16. The van der Waals surface area contributed by atoms with E-state index in [1.165, 1.54) is 25.7 Å². The first-order chi connectivity index (χ1) is 15.7. The number of anilines is 2. The molecule has 1 aromatic carbocycles. The molecule has 33 heavy (non-hydrogen) atoms. The fraction of sp³-hybridized carbons (Fsp3) is 0.654. The molecule has 0 radical (unpaired) electrons. The van der Waals surface area contributed by atoms with Crippen LogP contribution in [0.1, 0.15) is 83.0 Å². The first-order valence-electron chi connectivity index (χ1n) is 12.4. The normalized spacial score (nSPS) is 19.7. The van der Waals surface area contributed by atoms with Crippen LogP contribution in [0.15, 0.2) is 18.2 Å². The highest BCUT2D eigenvalue weighted by Crippen LogP contribution is 2.37. The van der Waals surface area contributed by atoms with Crippen LogP contribution in [0.4, 0.5) is 11.4 Å². The van der Waals surface area contributed by atoms with Gasteiger partial charge < -0.3 is 16.4 Å². The van der Waals surface area contributed by atoms with Crippen LogP contribution in [-0.2, 0) is 9.59 Å². The topological polar surface area (TPSA) is 105 Å². The van der Waals surface area contributed by atoms with Crippen molar-refractivity contribution in [1.82, 2.24) is 5.32 Å². The number of benzene rings is 1. The third kappa shape index (κ3) is 5.94. The maximum Gasteiger partial charge on any atom is 0.251 e. The number of hydrogen-bond acceptors (Lipinski definition) is 4. The van der Waals surface area contributed by atoms with Gasteiger partial charge in [-0.05, 0) is 48.4 Å². The van der Waals surface area contributed by atoms with E-state index in [4.69, 9.17) is 5.73 Å². The van der Waals surface area contributed by atoms with Crippen LogP contribution in [-0.4, -0.2) is 36.9 Å². The lowest BCUT2D eigenvalue weighted by Crippen LogP contribution is -2.54. The molecule has 1 fully saturated rings. The summed E-state index contributed by atoms with van der Waals surface area (Å²) in [6, 6.07) is 4.65. The number of nitrogens with one attached hydrogen (secondary N) is 2. The van der Waals surface area contributed by atoms with E-state index in [2.05, 4.69) is 10.6 Å². The van der Waals surface area contributed by atoms with Gasteiger partial charge in [0.25, 0.3) is 5.91 Å². The zero-order valence-electron chi connectivity index (χ0n) is 20.6. The first kappa shape index (κ1) is 25.2. The van der Waals surface area contributed by atoms with Crippen LogP contribution < -0.4 is 21.3 Å². The Morgan fingerprint density at radius 2 is 1.97 bits per heavy atom. The van der Waals surface area contributed by atoms with Crippen molar-refractivity contribution < 1.29 is 14.4 Å². The van der Waals surface area contributed by atoms with E-state index in [-0.39, 0.29) is 29.1 Å². The SMILES string of the molecule is CCC(C)C1C(=O)Nc2cc(C(=O)NCC(C)(C)CN)ccc2N1C(=O)CCC1CCCC1. The van der Waals surface area contributed by atoms with Gasteiger partial charge in [0.1, 0.15) is 6.04 Å². The van der Waals surface area contributed by atoms with Gasteiger partial charge in [-0.15, -0.1) is 0 Å². The van der Waals surface area contributed by atoms with Crippen molar-refractivity contribution in [2.24, 2.45) is 23.0 Å². The second-order valence-electron chi connectivity index (χ2n) is 10.6. The van der Waals surface area contributed by atoms with Crippen molar-refractivity contribution >= 4 is 29.1 Å². The average Bonchev–Trinajstić information content (AvgIpc) is 3.33. The average molecular weight is 457 g/mol. The number of carbonyl (C=O) groups excluding carboxylic acids is 3. The lowest BCUT2D eigenvalue weighted by Gasteiger charge is -2.39. The molecule has 4 N–H and O–H groups in total. The molecule has 1 aliphatic heterocycles. The largest absolute Gasteiger partial charge is 0.351 e. The summed E-state index contributed by atoms with van der Waals surface area (Å²) in [5.41, 5.74) is 7.19. The molecule has 7 nitrogen and oxygen atoms in total. The van der Waals surface area contributed by atoms with Gasteiger partial charge in [0, 0.05) is 18.5 Å². The number of nitrogens with zero attached hydrogens (tertiary/aromatic N) is 1. The maximum absolute atomic E-state index is 13.4. The highest BCUT2D eigenvalue weighted by molar-refractivity contribution is 6.13. The zero-order chi connectivity index (χ0) is 24.2. The van der Waals surface area contributed by atoms with Crippen molar-refractivity contribution in [3.63, 3.8) is 0 Å². The van der Waals surface area contributed by atoms with E-state index in [9.17, 15) is 14.4 Å². The molecule has 0 bridgehead atoms. The summed E-state index contributed by atoms with van der Waals surface area (Å²) in [6.45, 7) is 8.93. The summed E-state index contributed by atoms with van der Waals surface area (Å²) >= 11 is 0. The van der Waals surface area contributed by atoms with Crippen LogP contribution in [0.5, 0.6) is 0 Å². The zero-order valence-corrected chi connectivity index (χ0v) is 20.6. The quantitative estimate of drug-likeness (QED) is 0.521. The van der Waals surface area contributed by atoms with Crippen LogP contribution in [0.3, 0.4) is 0 Å². The Hall–Kier alpha value is -2.41. The van der Waals surface area contributed by atoms with Crippen molar-refractivity contribution in [3.05, 3.63) is 23.8 Å². The fourth-order valence-corrected chi connectivity index (χ4v) is 4.73. The van der Waals surface area contributed by atoms with Crippen LogP contribution >= 0.6 is 0 Å². The Morgan fingerprint density at radius 3 is 2.61 bits per heavy atom. The van der Waals surface area contributed by atoms with Crippen LogP contribution in [0.2, 0.25) is 0 Å². The maximum atomic E-state index is 13.4. The second kappa shape index (κ2) is 10.7. The van der Waals surface area contributed by atoms with Gasteiger partial charge in [0.05, 0.1) is 11.4 Å². The predicted molar refractivity (Wildman–Crippen MR) is 132 cm³/mol. The number of amides is 3. The molecule has 7 heteroatoms. The summed E-state index contributed by atoms with van der Waals surface area (Å²) in [5.74, 6) is 0.211. The van der Waals surface area contributed by atoms with E-state index < -0.39 is 6.04 Å². The third-order valence-corrected chi connectivity index (χ3v) is 7.30. The Bertz CT molecular complexity index is 876. The van der Waals surface area contributed by atoms with Gasteiger partial charge in [-0.1, -0.05) is 59.8 Å². The van der Waals surface area contributed by atoms with Crippen molar-refractivity contribution in [2.75, 3.05) is 23.3 Å². The van der Waals surface area contributed by atoms with E-state index in [1.54, 1.807) is 23.1 Å². The van der Waals surface area contributed by atoms with Gasteiger partial charge >= 0.3 is 0 Å². The van der Waals surface area contributed by atoms with Crippen molar-refractivity contribution in [3.8, 4) is 0 Å². The third-order valence-electron chi connectivity index (χ3n) is 7.30. The Balaban J connectivity index is 1.84. The molecular weight excluding hydrogens is 416 g/mol. The van der Waals surface area contributed by atoms with Crippen molar-refractivity contribution in [1.29, 1.82) is 0 Å². The van der Waals surface area contributed by atoms with Crippen LogP contribution in [0.25, 0.3) is 0 Å². The van der Waals surface area contributed by atoms with Gasteiger partial charge in [0.2, 0.25) is 11.8 Å². The lowest BCUT2D eigenvalue weighted by molar-refractivity contribution is -0.125. The van der Waals surface area contributed by atoms with Gasteiger partial charge in [0.15, 0.2) is 0 Å². The number of hydrogen-bond donors (Lipinski definition) is 3. The van der Waals surface area contributed by atoms with E-state index in [0.717, 1.165) is 12.8 Å². The highest BCUT2D eigenvalue weighted by Gasteiger charge is 2.39. The molecule has 2 aliphatic rings. The molecule has 0 saturated heterocycles. The summed E-state index contributed by atoms with van der Waals surface area (Å²) < 4.78 is 0. The monoisotopic (exact) mass is 456 g/mol. The molecule has 0 aromatic heterocycles. The molecule has 0 spiro atoms. The van der Waals surface area contributed by atoms with E-state index in [1.807, 2.05) is 27.7 Å². The molecule has 1 saturated carbocycles. The molecule has 2 atom stereocenters. The minimum atomic E-state index is -0.538. The van der Waals surface area contributed by atoms with Gasteiger partial charge in [-0.2, -0.15) is 0 Å². The number of carbonyl (C=O) groups is 3. The van der Waals surface area contributed by atoms with E-state index >= 15 is 0 Å². The lowest BCUT2D eigenvalue weighted by atomic mass is 9.92. The molecule has 1 aliphatic carbocycles. The summed E-state index contributed by atoms with van der Waals surface area (Å²) in [6.07, 6.45) is 6.99. The molecule has 182 valence electrons. The summed E-state index contributed by atoms with van der Waals surface area (Å²) in [5, 5.41) is 5.87. The highest BCUT2D eigenvalue weighted by atomic mass is 16.2. The molecule has 1 aromatic rings.